The summed E-state index contributed by atoms with van der Waals surface area (Å²) < 4.78 is 12.9. The highest BCUT2D eigenvalue weighted by Crippen LogP contribution is 2.23. The summed E-state index contributed by atoms with van der Waals surface area (Å²) in [6.07, 6.45) is 0. The van der Waals surface area contributed by atoms with E-state index in [2.05, 4.69) is 0 Å². The van der Waals surface area contributed by atoms with Gasteiger partial charge in [0.15, 0.2) is 0 Å². The Kier molecular flexibility index (Phi) is 4.29. The summed E-state index contributed by atoms with van der Waals surface area (Å²) in [5.74, 6) is 0.437. The molecule has 2 N–H and O–H groups in total. The zero-order valence-corrected chi connectivity index (χ0v) is 9.33. The number of benzene rings is 1. The van der Waals surface area contributed by atoms with E-state index in [1.807, 2.05) is 6.92 Å². The molecule has 0 aliphatic rings. The summed E-state index contributed by atoms with van der Waals surface area (Å²) in [7, 11) is 0. The number of anilines is 1. The van der Waals surface area contributed by atoms with E-state index in [0.717, 1.165) is 16.2 Å². The van der Waals surface area contributed by atoms with Crippen molar-refractivity contribution in [2.24, 2.45) is 0 Å². The van der Waals surface area contributed by atoms with Gasteiger partial charge in [-0.15, -0.1) is 11.8 Å². The van der Waals surface area contributed by atoms with Crippen molar-refractivity contribution >= 4 is 29.1 Å². The Bertz CT molecular complexity index is 332. The molecule has 4 heteroatoms. The van der Waals surface area contributed by atoms with E-state index < -0.39 is 0 Å². The maximum Gasteiger partial charge on any atom is 0.126 e. The summed E-state index contributed by atoms with van der Waals surface area (Å²) in [5.41, 5.74) is 8.51. The van der Waals surface area contributed by atoms with Gasteiger partial charge in [0, 0.05) is 21.9 Å². The maximum atomic E-state index is 12.9. The molecule has 0 radical (unpaired) electrons. The minimum absolute atomic E-state index is 0.306. The Hall–Kier alpha value is -0.670. The number of nitrogens with two attached hydrogens (primary N) is 1. The molecular weight excluding hydrogens is 221 g/mol. The molecule has 0 aliphatic heterocycles. The summed E-state index contributed by atoms with van der Waals surface area (Å²) in [4.78, 5) is 0.820. The van der Waals surface area contributed by atoms with Crippen LogP contribution in [0.5, 0.6) is 0 Å². The fourth-order valence-electron chi connectivity index (χ4n) is 0.896. The van der Waals surface area contributed by atoms with Gasteiger partial charge in [-0.05, 0) is 25.1 Å². The van der Waals surface area contributed by atoms with E-state index in [4.69, 9.17) is 17.3 Å². The third-order valence-corrected chi connectivity index (χ3v) is 3.09. The first-order valence-electron chi connectivity index (χ1n) is 4.06. The normalized spacial score (nSPS) is 11.8. The van der Waals surface area contributed by atoms with Gasteiger partial charge in [0.05, 0.1) is 0 Å². The first kappa shape index (κ1) is 11.4. The van der Waals surface area contributed by atoms with Gasteiger partial charge in [0.1, 0.15) is 5.82 Å². The molecular formula is C10H11ClFNS. The molecule has 1 nitrogen and oxygen atoms in total. The third kappa shape index (κ3) is 3.60. The van der Waals surface area contributed by atoms with Crippen LogP contribution >= 0.6 is 23.4 Å². The lowest BCUT2D eigenvalue weighted by atomic mass is 10.3. The molecule has 0 saturated heterocycles. The van der Waals surface area contributed by atoms with E-state index in [1.165, 1.54) is 29.4 Å². The molecule has 76 valence electrons. The number of rotatable bonds is 3. The highest BCUT2D eigenvalue weighted by molar-refractivity contribution is 7.99. The van der Waals surface area contributed by atoms with Crippen molar-refractivity contribution in [3.05, 3.63) is 35.1 Å². The van der Waals surface area contributed by atoms with E-state index in [0.29, 0.717) is 5.69 Å². The van der Waals surface area contributed by atoms with Gasteiger partial charge < -0.3 is 5.73 Å². The number of thioether (sulfide) groups is 1. The average molecular weight is 232 g/mol. The van der Waals surface area contributed by atoms with Gasteiger partial charge in [-0.1, -0.05) is 17.2 Å². The lowest BCUT2D eigenvalue weighted by molar-refractivity contribution is 0.625. The predicted octanol–water partition coefficient (Wildman–Crippen LogP) is 3.64. The standard InChI is InChI=1S/C10H11ClFNS/c1-7(5-11)6-14-10-3-8(12)2-9(13)4-10/h2-5H,6,13H2,1H3/b7-5-. The number of halogens is 2. The molecule has 0 atom stereocenters. The van der Waals surface area contributed by atoms with Crippen molar-refractivity contribution < 1.29 is 4.39 Å². The first-order valence-corrected chi connectivity index (χ1v) is 5.48. The Morgan fingerprint density at radius 2 is 2.29 bits per heavy atom. The Morgan fingerprint density at radius 3 is 2.86 bits per heavy atom. The van der Waals surface area contributed by atoms with Crippen LogP contribution in [0, 0.1) is 5.82 Å². The quantitative estimate of drug-likeness (QED) is 0.635. The van der Waals surface area contributed by atoms with Crippen LogP contribution in [-0.4, -0.2) is 5.75 Å². The fraction of sp³-hybridized carbons (Fsp3) is 0.200. The predicted molar refractivity (Wildman–Crippen MR) is 61.1 cm³/mol. The van der Waals surface area contributed by atoms with Crippen molar-refractivity contribution in [3.63, 3.8) is 0 Å². The van der Waals surface area contributed by atoms with Crippen LogP contribution in [0.3, 0.4) is 0 Å². The van der Waals surface area contributed by atoms with Crippen molar-refractivity contribution in [1.29, 1.82) is 0 Å². The molecule has 0 bridgehead atoms. The first-order chi connectivity index (χ1) is 6.61. The van der Waals surface area contributed by atoms with Gasteiger partial charge in [-0.2, -0.15) is 0 Å². The molecule has 0 aromatic heterocycles. The van der Waals surface area contributed by atoms with E-state index >= 15 is 0 Å². The minimum atomic E-state index is -0.306. The Morgan fingerprint density at radius 1 is 1.57 bits per heavy atom. The Labute approximate surface area is 92.1 Å². The maximum absolute atomic E-state index is 12.9. The van der Waals surface area contributed by atoms with Crippen molar-refractivity contribution in [2.45, 2.75) is 11.8 Å². The molecule has 1 aromatic rings. The third-order valence-electron chi connectivity index (χ3n) is 1.55. The molecule has 1 rings (SSSR count). The van der Waals surface area contributed by atoms with Crippen LogP contribution in [0.4, 0.5) is 10.1 Å². The summed E-state index contributed by atoms with van der Waals surface area (Å²) in [5, 5.41) is 0. The molecule has 0 heterocycles. The number of hydrogen-bond donors (Lipinski definition) is 1. The van der Waals surface area contributed by atoms with Crippen LogP contribution in [0.2, 0.25) is 0 Å². The summed E-state index contributed by atoms with van der Waals surface area (Å²) in [6.45, 7) is 1.92. The average Bonchev–Trinajstić information content (AvgIpc) is 2.12. The smallest absolute Gasteiger partial charge is 0.126 e. The van der Waals surface area contributed by atoms with Crippen LogP contribution in [0.25, 0.3) is 0 Å². The topological polar surface area (TPSA) is 26.0 Å². The molecule has 0 spiro atoms. The number of hydrogen-bond acceptors (Lipinski definition) is 2. The van der Waals surface area contributed by atoms with Crippen LogP contribution in [0.1, 0.15) is 6.92 Å². The van der Waals surface area contributed by atoms with E-state index in [9.17, 15) is 4.39 Å². The lowest BCUT2D eigenvalue weighted by Gasteiger charge is -2.02. The monoisotopic (exact) mass is 231 g/mol. The lowest BCUT2D eigenvalue weighted by Crippen LogP contribution is -1.88. The molecule has 0 fully saturated rings. The van der Waals surface area contributed by atoms with Crippen molar-refractivity contribution in [3.8, 4) is 0 Å². The second kappa shape index (κ2) is 5.27. The fourth-order valence-corrected chi connectivity index (χ4v) is 1.96. The zero-order chi connectivity index (χ0) is 10.6. The van der Waals surface area contributed by atoms with E-state index in [1.54, 1.807) is 6.07 Å². The summed E-state index contributed by atoms with van der Waals surface area (Å²) >= 11 is 7.02. The molecule has 0 saturated carbocycles. The summed E-state index contributed by atoms with van der Waals surface area (Å²) in [6, 6.07) is 4.51. The zero-order valence-electron chi connectivity index (χ0n) is 7.76. The van der Waals surface area contributed by atoms with Crippen molar-refractivity contribution in [1.82, 2.24) is 0 Å². The van der Waals surface area contributed by atoms with E-state index in [-0.39, 0.29) is 5.82 Å². The SMILES string of the molecule is C/C(=C/Cl)CSc1cc(N)cc(F)c1. The highest BCUT2D eigenvalue weighted by atomic mass is 35.5. The minimum Gasteiger partial charge on any atom is -0.399 e. The van der Waals surface area contributed by atoms with Crippen LogP contribution in [-0.2, 0) is 0 Å². The second-order valence-electron chi connectivity index (χ2n) is 2.96. The number of nitrogen functional groups attached to an aromatic ring is 1. The molecule has 0 unspecified atom stereocenters. The van der Waals surface area contributed by atoms with Gasteiger partial charge >= 0.3 is 0 Å². The Balaban J connectivity index is 2.67. The molecule has 14 heavy (non-hydrogen) atoms. The van der Waals surface area contributed by atoms with Gasteiger partial charge in [0.2, 0.25) is 0 Å². The second-order valence-corrected chi connectivity index (χ2v) is 4.23. The molecule has 0 aliphatic carbocycles. The van der Waals surface area contributed by atoms with Gasteiger partial charge in [-0.3, -0.25) is 0 Å². The van der Waals surface area contributed by atoms with Crippen LogP contribution < -0.4 is 5.73 Å². The highest BCUT2D eigenvalue weighted by Gasteiger charge is 1.99. The van der Waals surface area contributed by atoms with Crippen molar-refractivity contribution in [2.75, 3.05) is 11.5 Å². The van der Waals surface area contributed by atoms with Gasteiger partial charge in [-0.25, -0.2) is 4.39 Å². The molecule has 1 aromatic carbocycles. The largest absolute Gasteiger partial charge is 0.399 e. The van der Waals surface area contributed by atoms with Gasteiger partial charge in [0.25, 0.3) is 0 Å². The van der Waals surface area contributed by atoms with Crippen LogP contribution in [0.15, 0.2) is 34.2 Å². The molecule has 0 amide bonds.